The lowest BCUT2D eigenvalue weighted by Crippen LogP contribution is -2.23. The van der Waals surface area contributed by atoms with Gasteiger partial charge in [-0.1, -0.05) is 31.2 Å². The molecule has 2 nitrogen and oxygen atoms in total. The van der Waals surface area contributed by atoms with Gasteiger partial charge in [0.2, 0.25) is 0 Å². The van der Waals surface area contributed by atoms with Crippen molar-refractivity contribution in [1.29, 1.82) is 0 Å². The summed E-state index contributed by atoms with van der Waals surface area (Å²) in [4.78, 5) is 0. The second-order valence-corrected chi connectivity index (χ2v) is 3.90. The highest BCUT2D eigenvalue weighted by Crippen LogP contribution is 2.04. The Labute approximate surface area is 95.8 Å². The van der Waals surface area contributed by atoms with E-state index >= 15 is 0 Å². The van der Waals surface area contributed by atoms with Gasteiger partial charge in [0.25, 0.3) is 0 Å². The highest BCUT2D eigenvalue weighted by atomic mass is 19.1. The molecule has 0 bridgehead atoms. The minimum absolute atomic E-state index is 0.203. The van der Waals surface area contributed by atoms with Crippen LogP contribution in [0.15, 0.2) is 30.3 Å². The zero-order chi connectivity index (χ0) is 11.8. The van der Waals surface area contributed by atoms with E-state index in [1.807, 2.05) is 19.1 Å². The standard InChI is InChI=1S/C13H18FNO/c1-11(10-16)9-15-8-2-3-12-4-6-13(14)7-5-12/h2-7,11,15-16H,8-10H2,1H3/b3-2+. The van der Waals surface area contributed by atoms with E-state index in [0.29, 0.717) is 0 Å². The van der Waals surface area contributed by atoms with Gasteiger partial charge in [-0.05, 0) is 23.6 Å². The monoisotopic (exact) mass is 223 g/mol. The van der Waals surface area contributed by atoms with Crippen LogP contribution in [-0.2, 0) is 0 Å². The zero-order valence-electron chi connectivity index (χ0n) is 9.49. The summed E-state index contributed by atoms with van der Waals surface area (Å²) in [6.07, 6.45) is 3.92. The van der Waals surface area contributed by atoms with Gasteiger partial charge >= 0.3 is 0 Å². The molecule has 0 radical (unpaired) electrons. The summed E-state index contributed by atoms with van der Waals surface area (Å²) in [6.45, 7) is 3.73. The molecule has 88 valence electrons. The average Bonchev–Trinajstić information content (AvgIpc) is 2.31. The number of aliphatic hydroxyl groups is 1. The van der Waals surface area contributed by atoms with Crippen molar-refractivity contribution in [2.24, 2.45) is 5.92 Å². The van der Waals surface area contributed by atoms with Gasteiger partial charge in [-0.3, -0.25) is 0 Å². The van der Waals surface area contributed by atoms with E-state index in [4.69, 9.17) is 5.11 Å². The van der Waals surface area contributed by atoms with E-state index in [1.54, 1.807) is 12.1 Å². The van der Waals surface area contributed by atoms with Crippen molar-refractivity contribution in [3.63, 3.8) is 0 Å². The summed E-state index contributed by atoms with van der Waals surface area (Å²) in [5.41, 5.74) is 0.985. The Morgan fingerprint density at radius 1 is 1.38 bits per heavy atom. The van der Waals surface area contributed by atoms with Gasteiger partial charge in [-0.2, -0.15) is 0 Å². The summed E-state index contributed by atoms with van der Waals surface area (Å²) in [5.74, 6) is 0.0614. The summed E-state index contributed by atoms with van der Waals surface area (Å²) < 4.78 is 12.6. The zero-order valence-corrected chi connectivity index (χ0v) is 9.49. The number of rotatable bonds is 6. The minimum Gasteiger partial charge on any atom is -0.396 e. The molecule has 1 aromatic rings. The molecule has 1 rings (SSSR count). The van der Waals surface area contributed by atoms with Gasteiger partial charge in [0.1, 0.15) is 5.82 Å². The number of nitrogens with one attached hydrogen (secondary N) is 1. The van der Waals surface area contributed by atoms with Gasteiger partial charge in [0.15, 0.2) is 0 Å². The van der Waals surface area contributed by atoms with Crippen molar-refractivity contribution in [3.8, 4) is 0 Å². The smallest absolute Gasteiger partial charge is 0.123 e. The Morgan fingerprint density at radius 3 is 2.69 bits per heavy atom. The largest absolute Gasteiger partial charge is 0.396 e. The predicted octanol–water partition coefficient (Wildman–Crippen LogP) is 2.06. The molecule has 0 fully saturated rings. The number of halogens is 1. The minimum atomic E-state index is -0.216. The quantitative estimate of drug-likeness (QED) is 0.723. The molecular weight excluding hydrogens is 205 g/mol. The first-order valence-corrected chi connectivity index (χ1v) is 5.46. The summed E-state index contributed by atoms with van der Waals surface area (Å²) >= 11 is 0. The second kappa shape index (κ2) is 7.14. The number of hydrogen-bond acceptors (Lipinski definition) is 2. The number of hydrogen-bond donors (Lipinski definition) is 2. The van der Waals surface area contributed by atoms with Crippen molar-refractivity contribution in [1.82, 2.24) is 5.32 Å². The van der Waals surface area contributed by atoms with Crippen LogP contribution >= 0.6 is 0 Å². The van der Waals surface area contributed by atoms with Gasteiger partial charge in [-0.15, -0.1) is 0 Å². The summed E-state index contributed by atoms with van der Waals surface area (Å²) in [7, 11) is 0. The van der Waals surface area contributed by atoms with Gasteiger partial charge in [0, 0.05) is 19.7 Å². The predicted molar refractivity (Wildman–Crippen MR) is 64.6 cm³/mol. The van der Waals surface area contributed by atoms with E-state index in [0.717, 1.165) is 18.7 Å². The van der Waals surface area contributed by atoms with Crippen LogP contribution in [0.5, 0.6) is 0 Å². The Morgan fingerprint density at radius 2 is 2.06 bits per heavy atom. The third kappa shape index (κ3) is 5.05. The Kier molecular flexibility index (Phi) is 5.75. The van der Waals surface area contributed by atoms with Crippen LogP contribution in [0.4, 0.5) is 4.39 Å². The molecule has 0 saturated heterocycles. The molecule has 1 atom stereocenters. The number of aliphatic hydroxyl groups excluding tert-OH is 1. The molecule has 3 heteroatoms. The SMILES string of the molecule is CC(CO)CNC/C=C/c1ccc(F)cc1. The molecule has 0 amide bonds. The lowest BCUT2D eigenvalue weighted by atomic mass is 10.2. The van der Waals surface area contributed by atoms with Crippen molar-refractivity contribution in [2.75, 3.05) is 19.7 Å². The first kappa shape index (κ1) is 12.9. The molecule has 0 aromatic heterocycles. The molecule has 1 aromatic carbocycles. The van der Waals surface area contributed by atoms with Crippen LogP contribution in [0.25, 0.3) is 6.08 Å². The van der Waals surface area contributed by atoms with Gasteiger partial charge in [0.05, 0.1) is 0 Å². The first-order valence-electron chi connectivity index (χ1n) is 5.46. The maximum Gasteiger partial charge on any atom is 0.123 e. The van der Waals surface area contributed by atoms with Crippen LogP contribution < -0.4 is 5.32 Å². The summed E-state index contributed by atoms with van der Waals surface area (Å²) in [5, 5.41) is 12.0. The lowest BCUT2D eigenvalue weighted by molar-refractivity contribution is 0.235. The molecule has 16 heavy (non-hydrogen) atoms. The van der Waals surface area contributed by atoms with Crippen molar-refractivity contribution < 1.29 is 9.50 Å². The third-order valence-electron chi connectivity index (χ3n) is 2.25. The molecule has 0 saturated carbocycles. The lowest BCUT2D eigenvalue weighted by Gasteiger charge is -2.06. The van der Waals surface area contributed by atoms with E-state index < -0.39 is 0 Å². The van der Waals surface area contributed by atoms with Crippen LogP contribution in [-0.4, -0.2) is 24.8 Å². The molecule has 0 spiro atoms. The fourth-order valence-electron chi connectivity index (χ4n) is 1.25. The fourth-order valence-corrected chi connectivity index (χ4v) is 1.25. The highest BCUT2D eigenvalue weighted by molar-refractivity contribution is 5.48. The van der Waals surface area contributed by atoms with Crippen molar-refractivity contribution in [2.45, 2.75) is 6.92 Å². The Bertz CT molecular complexity index is 321. The van der Waals surface area contributed by atoms with Crippen LogP contribution in [0.1, 0.15) is 12.5 Å². The van der Waals surface area contributed by atoms with Gasteiger partial charge < -0.3 is 10.4 Å². The maximum absolute atomic E-state index is 12.6. The molecule has 0 aliphatic heterocycles. The normalized spacial score (nSPS) is 13.2. The molecule has 2 N–H and O–H groups in total. The number of benzene rings is 1. The topological polar surface area (TPSA) is 32.3 Å². The van der Waals surface area contributed by atoms with Gasteiger partial charge in [-0.25, -0.2) is 4.39 Å². The molecule has 0 aliphatic rings. The van der Waals surface area contributed by atoms with E-state index in [-0.39, 0.29) is 18.3 Å². The van der Waals surface area contributed by atoms with E-state index in [2.05, 4.69) is 5.32 Å². The Balaban J connectivity index is 2.24. The van der Waals surface area contributed by atoms with Crippen molar-refractivity contribution in [3.05, 3.63) is 41.7 Å². The van der Waals surface area contributed by atoms with Crippen LogP contribution in [0, 0.1) is 11.7 Å². The second-order valence-electron chi connectivity index (χ2n) is 3.90. The molecule has 0 aliphatic carbocycles. The molecular formula is C13H18FNO. The Hall–Kier alpha value is -1.19. The van der Waals surface area contributed by atoms with Crippen molar-refractivity contribution >= 4 is 6.08 Å². The average molecular weight is 223 g/mol. The highest BCUT2D eigenvalue weighted by Gasteiger charge is 1.96. The maximum atomic E-state index is 12.6. The summed E-state index contributed by atoms with van der Waals surface area (Å²) in [6, 6.07) is 6.37. The van der Waals surface area contributed by atoms with Crippen LogP contribution in [0.3, 0.4) is 0 Å². The molecule has 0 heterocycles. The first-order chi connectivity index (χ1) is 7.72. The van der Waals surface area contributed by atoms with E-state index in [9.17, 15) is 4.39 Å². The fraction of sp³-hybridized carbons (Fsp3) is 0.385. The van der Waals surface area contributed by atoms with E-state index in [1.165, 1.54) is 12.1 Å². The third-order valence-corrected chi connectivity index (χ3v) is 2.25. The van der Waals surface area contributed by atoms with Crippen LogP contribution in [0.2, 0.25) is 0 Å². The molecule has 1 unspecified atom stereocenters.